The van der Waals surface area contributed by atoms with Crippen LogP contribution in [0.15, 0.2) is 16.5 Å². The van der Waals surface area contributed by atoms with Crippen LogP contribution in [0.2, 0.25) is 0 Å². The Balaban J connectivity index is 2.61. The van der Waals surface area contributed by atoms with Gasteiger partial charge in [0.15, 0.2) is 9.84 Å². The molecule has 102 valence electrons. The summed E-state index contributed by atoms with van der Waals surface area (Å²) < 4.78 is 33.3. The zero-order valence-electron chi connectivity index (χ0n) is 10.4. The third-order valence-corrected chi connectivity index (χ3v) is 3.47. The topological polar surface area (TPSA) is 85.6 Å². The molecular formula is C11H17NO5S. The molecule has 0 fully saturated rings. The van der Waals surface area contributed by atoms with Crippen molar-refractivity contribution < 1.29 is 22.4 Å². The first-order valence-corrected chi connectivity index (χ1v) is 7.37. The van der Waals surface area contributed by atoms with Crippen LogP contribution < -0.4 is 5.32 Å². The van der Waals surface area contributed by atoms with Crippen LogP contribution >= 0.6 is 0 Å². The lowest BCUT2D eigenvalue weighted by atomic mass is 10.4. The van der Waals surface area contributed by atoms with Crippen LogP contribution in [0.3, 0.4) is 0 Å². The van der Waals surface area contributed by atoms with Gasteiger partial charge < -0.3 is 14.5 Å². The molecule has 0 bridgehead atoms. The van der Waals surface area contributed by atoms with Gasteiger partial charge in [-0.25, -0.2) is 8.42 Å². The van der Waals surface area contributed by atoms with Crippen LogP contribution in [-0.4, -0.2) is 33.8 Å². The standard InChI is InChI=1S/C11H17NO5S/c1-3-16-11(13)8-18(14,15)7-10-5-4-9(17-10)6-12-2/h4-5,12H,3,6-8H2,1-2H3. The molecule has 1 aromatic heterocycles. The highest BCUT2D eigenvalue weighted by Crippen LogP contribution is 2.12. The maximum Gasteiger partial charge on any atom is 0.321 e. The van der Waals surface area contributed by atoms with E-state index in [-0.39, 0.29) is 12.4 Å². The van der Waals surface area contributed by atoms with E-state index in [9.17, 15) is 13.2 Å². The molecule has 1 rings (SSSR count). The lowest BCUT2D eigenvalue weighted by Crippen LogP contribution is -2.19. The number of hydrogen-bond donors (Lipinski definition) is 1. The van der Waals surface area contributed by atoms with Gasteiger partial charge in [0, 0.05) is 0 Å². The summed E-state index contributed by atoms with van der Waals surface area (Å²) in [5.74, 6) is -0.679. The lowest BCUT2D eigenvalue weighted by molar-refractivity contribution is -0.139. The van der Waals surface area contributed by atoms with E-state index in [1.807, 2.05) is 0 Å². The Morgan fingerprint density at radius 1 is 1.39 bits per heavy atom. The summed E-state index contributed by atoms with van der Waals surface area (Å²) in [6.45, 7) is 2.32. The average Bonchev–Trinajstić information content (AvgIpc) is 2.64. The number of sulfone groups is 1. The van der Waals surface area contributed by atoms with Gasteiger partial charge in [0.25, 0.3) is 0 Å². The highest BCUT2D eigenvalue weighted by Gasteiger charge is 2.20. The third kappa shape index (κ3) is 4.89. The van der Waals surface area contributed by atoms with E-state index in [0.29, 0.717) is 18.1 Å². The van der Waals surface area contributed by atoms with Crippen LogP contribution in [0.1, 0.15) is 18.4 Å². The highest BCUT2D eigenvalue weighted by molar-refractivity contribution is 7.91. The Hall–Kier alpha value is -1.34. The molecule has 0 saturated heterocycles. The van der Waals surface area contributed by atoms with Gasteiger partial charge in [-0.1, -0.05) is 0 Å². The van der Waals surface area contributed by atoms with Crippen molar-refractivity contribution in [2.24, 2.45) is 0 Å². The molecule has 0 atom stereocenters. The van der Waals surface area contributed by atoms with Gasteiger partial charge in [-0.2, -0.15) is 0 Å². The quantitative estimate of drug-likeness (QED) is 0.728. The van der Waals surface area contributed by atoms with Crippen molar-refractivity contribution in [3.8, 4) is 0 Å². The molecule has 0 aliphatic heterocycles. The van der Waals surface area contributed by atoms with E-state index in [0.717, 1.165) is 0 Å². The van der Waals surface area contributed by atoms with Crippen LogP contribution in [0.25, 0.3) is 0 Å². The first-order chi connectivity index (χ1) is 8.46. The molecule has 0 amide bonds. The Morgan fingerprint density at radius 2 is 2.06 bits per heavy atom. The minimum absolute atomic E-state index is 0.168. The fraction of sp³-hybridized carbons (Fsp3) is 0.545. The second-order valence-corrected chi connectivity index (χ2v) is 5.80. The minimum atomic E-state index is -3.55. The summed E-state index contributed by atoms with van der Waals surface area (Å²) in [5.41, 5.74) is 0. The Kier molecular flexibility index (Phi) is 5.36. The first-order valence-electron chi connectivity index (χ1n) is 5.55. The fourth-order valence-corrected chi connectivity index (χ4v) is 2.55. The fourth-order valence-electron chi connectivity index (χ4n) is 1.42. The highest BCUT2D eigenvalue weighted by atomic mass is 32.2. The van der Waals surface area contributed by atoms with Gasteiger partial charge in [-0.3, -0.25) is 4.79 Å². The second kappa shape index (κ2) is 6.55. The number of carbonyl (C=O) groups excluding carboxylic acids is 1. The molecule has 0 aromatic carbocycles. The molecule has 0 radical (unpaired) electrons. The lowest BCUT2D eigenvalue weighted by Gasteiger charge is -2.02. The molecule has 0 aliphatic carbocycles. The molecule has 0 unspecified atom stereocenters. The first kappa shape index (κ1) is 14.7. The number of hydrogen-bond acceptors (Lipinski definition) is 6. The molecule has 1 aromatic rings. The van der Waals surface area contributed by atoms with Crippen molar-refractivity contribution in [3.05, 3.63) is 23.7 Å². The molecule has 0 spiro atoms. The predicted molar refractivity (Wildman–Crippen MR) is 65.6 cm³/mol. The molecule has 1 N–H and O–H groups in total. The van der Waals surface area contributed by atoms with Crippen molar-refractivity contribution in [2.75, 3.05) is 19.4 Å². The summed E-state index contributed by atoms with van der Waals surface area (Å²) >= 11 is 0. The number of rotatable bonds is 7. The van der Waals surface area contributed by atoms with E-state index < -0.39 is 21.6 Å². The van der Waals surface area contributed by atoms with Gasteiger partial charge in [0.2, 0.25) is 0 Å². The maximum absolute atomic E-state index is 11.7. The Labute approximate surface area is 106 Å². The Bertz CT molecular complexity index is 491. The van der Waals surface area contributed by atoms with Gasteiger partial charge in [0.1, 0.15) is 23.0 Å². The maximum atomic E-state index is 11.7. The zero-order valence-corrected chi connectivity index (χ0v) is 11.2. The van der Waals surface area contributed by atoms with E-state index in [1.165, 1.54) is 0 Å². The van der Waals surface area contributed by atoms with E-state index in [4.69, 9.17) is 4.42 Å². The summed E-state index contributed by atoms with van der Waals surface area (Å²) in [6, 6.07) is 3.29. The van der Waals surface area contributed by atoms with Crippen molar-refractivity contribution in [3.63, 3.8) is 0 Å². The summed E-state index contributed by atoms with van der Waals surface area (Å²) in [6.07, 6.45) is 0. The molecule has 0 aliphatic rings. The Morgan fingerprint density at radius 3 is 2.67 bits per heavy atom. The molecule has 6 nitrogen and oxygen atoms in total. The van der Waals surface area contributed by atoms with Gasteiger partial charge in [-0.15, -0.1) is 0 Å². The van der Waals surface area contributed by atoms with Crippen molar-refractivity contribution in [1.82, 2.24) is 5.32 Å². The molecule has 18 heavy (non-hydrogen) atoms. The molecule has 0 saturated carbocycles. The number of furan rings is 1. The van der Waals surface area contributed by atoms with Gasteiger partial charge in [-0.05, 0) is 26.1 Å². The number of nitrogens with one attached hydrogen (secondary N) is 1. The molecular weight excluding hydrogens is 258 g/mol. The van der Waals surface area contributed by atoms with Crippen molar-refractivity contribution in [2.45, 2.75) is 19.2 Å². The van der Waals surface area contributed by atoms with E-state index in [1.54, 1.807) is 26.1 Å². The average molecular weight is 275 g/mol. The smallest absolute Gasteiger partial charge is 0.321 e. The molecule has 7 heteroatoms. The van der Waals surface area contributed by atoms with E-state index >= 15 is 0 Å². The van der Waals surface area contributed by atoms with Gasteiger partial charge in [0.05, 0.1) is 13.2 Å². The zero-order chi connectivity index (χ0) is 13.6. The van der Waals surface area contributed by atoms with Crippen molar-refractivity contribution in [1.29, 1.82) is 0 Å². The largest absolute Gasteiger partial charge is 0.465 e. The predicted octanol–water partition coefficient (Wildman–Crippen LogP) is 0.477. The van der Waals surface area contributed by atoms with E-state index in [2.05, 4.69) is 10.1 Å². The van der Waals surface area contributed by atoms with Gasteiger partial charge >= 0.3 is 5.97 Å². The van der Waals surface area contributed by atoms with Crippen LogP contribution in [0.5, 0.6) is 0 Å². The number of esters is 1. The molecule has 1 heterocycles. The van der Waals surface area contributed by atoms with Crippen LogP contribution in [0.4, 0.5) is 0 Å². The van der Waals surface area contributed by atoms with Crippen LogP contribution in [-0.2, 0) is 31.7 Å². The minimum Gasteiger partial charge on any atom is -0.465 e. The SMILES string of the molecule is CCOC(=O)CS(=O)(=O)Cc1ccc(CNC)o1. The van der Waals surface area contributed by atoms with Crippen molar-refractivity contribution >= 4 is 15.8 Å². The summed E-state index contributed by atoms with van der Waals surface area (Å²) in [4.78, 5) is 11.1. The van der Waals surface area contributed by atoms with Crippen LogP contribution in [0, 0.1) is 0 Å². The summed E-state index contributed by atoms with van der Waals surface area (Å²) in [5, 5.41) is 2.89. The number of carbonyl (C=O) groups is 1. The monoisotopic (exact) mass is 275 g/mol. The third-order valence-electron chi connectivity index (χ3n) is 2.07. The number of ether oxygens (including phenoxy) is 1. The second-order valence-electron chi connectivity index (χ2n) is 3.74. The summed E-state index contributed by atoms with van der Waals surface area (Å²) in [7, 11) is -1.78. The normalized spacial score (nSPS) is 11.4.